The first-order valence-electron chi connectivity index (χ1n) is 9.27. The smallest absolute Gasteiger partial charge is 0.185 e. The van der Waals surface area contributed by atoms with Gasteiger partial charge < -0.3 is 14.9 Å². The van der Waals surface area contributed by atoms with Gasteiger partial charge in [0, 0.05) is 17.1 Å². The number of benzene rings is 2. The number of fused-ring (bicyclic) bond motifs is 1. The van der Waals surface area contributed by atoms with Crippen LogP contribution in [0.1, 0.15) is 10.6 Å². The molecule has 3 heterocycles. The molecule has 2 N–H and O–H groups in total. The molecule has 2 aromatic carbocycles. The van der Waals surface area contributed by atoms with Crippen LogP contribution in [0.2, 0.25) is 0 Å². The second-order valence-corrected chi connectivity index (χ2v) is 7.55. The molecule has 0 spiro atoms. The Kier molecular flexibility index (Phi) is 4.53. The Balaban J connectivity index is 1.53. The molecule has 0 amide bonds. The highest BCUT2D eigenvalue weighted by atomic mass is 32.1. The molecule has 0 aliphatic carbocycles. The molecule has 0 saturated carbocycles. The van der Waals surface area contributed by atoms with Crippen molar-refractivity contribution in [1.29, 1.82) is 0 Å². The van der Waals surface area contributed by atoms with Crippen LogP contribution in [0.5, 0.6) is 11.5 Å². The lowest BCUT2D eigenvalue weighted by Crippen LogP contribution is -1.92. The molecule has 0 fully saturated rings. The van der Waals surface area contributed by atoms with Gasteiger partial charge in [-0.1, -0.05) is 30.3 Å². The number of pyridine rings is 1. The normalized spacial score (nSPS) is 10.9. The number of anilines is 1. The third kappa shape index (κ3) is 3.23. The Morgan fingerprint density at radius 2 is 1.70 bits per heavy atom. The fraction of sp³-hybridized carbons (Fsp3) is 0. The number of hydrogen-bond donors (Lipinski definition) is 1. The van der Waals surface area contributed by atoms with E-state index in [0.717, 1.165) is 38.3 Å². The molecule has 146 valence electrons. The van der Waals surface area contributed by atoms with E-state index in [1.807, 2.05) is 54.6 Å². The molecule has 5 rings (SSSR count). The second-order valence-electron chi connectivity index (χ2n) is 6.67. The van der Waals surface area contributed by atoms with Gasteiger partial charge in [-0.15, -0.1) is 11.3 Å². The van der Waals surface area contributed by atoms with Crippen LogP contribution in [-0.4, -0.2) is 11.3 Å². The Morgan fingerprint density at radius 1 is 0.933 bits per heavy atom. The van der Waals surface area contributed by atoms with E-state index >= 15 is 0 Å². The SMILES string of the molecule is Nc1ncc(-c2ccc(C=O)o2)c2scc(-c3ccc(Oc4ccccc4)cc3)c12. The van der Waals surface area contributed by atoms with E-state index < -0.39 is 0 Å². The molecule has 3 aromatic heterocycles. The van der Waals surface area contributed by atoms with Crippen molar-refractivity contribution >= 4 is 33.5 Å². The molecule has 0 unspecified atom stereocenters. The van der Waals surface area contributed by atoms with Crippen LogP contribution in [0.3, 0.4) is 0 Å². The van der Waals surface area contributed by atoms with Crippen LogP contribution >= 0.6 is 11.3 Å². The summed E-state index contributed by atoms with van der Waals surface area (Å²) in [6, 6.07) is 20.9. The van der Waals surface area contributed by atoms with E-state index in [0.29, 0.717) is 17.9 Å². The van der Waals surface area contributed by atoms with Crippen molar-refractivity contribution < 1.29 is 13.9 Å². The van der Waals surface area contributed by atoms with Gasteiger partial charge in [0.15, 0.2) is 12.0 Å². The first-order valence-corrected chi connectivity index (χ1v) is 10.2. The van der Waals surface area contributed by atoms with Crippen LogP contribution in [0, 0.1) is 0 Å². The predicted molar refractivity (Wildman–Crippen MR) is 119 cm³/mol. The number of carbonyl (C=O) groups is 1. The van der Waals surface area contributed by atoms with Crippen molar-refractivity contribution in [2.75, 3.05) is 5.73 Å². The van der Waals surface area contributed by atoms with Crippen molar-refractivity contribution in [2.24, 2.45) is 0 Å². The highest BCUT2D eigenvalue weighted by molar-refractivity contribution is 7.18. The molecule has 6 heteroatoms. The Hall–Kier alpha value is -3.90. The van der Waals surface area contributed by atoms with Crippen LogP contribution in [0.25, 0.3) is 32.5 Å². The standard InChI is InChI=1S/C24H16N2O3S/c25-24-22-20(15-6-8-17(9-7-15)28-16-4-2-1-3-5-16)14-30-23(22)19(12-26-24)21-11-10-18(13-27)29-21/h1-14H,(H2,25,26). The van der Waals surface area contributed by atoms with Gasteiger partial charge in [-0.25, -0.2) is 4.98 Å². The van der Waals surface area contributed by atoms with Crippen LogP contribution in [-0.2, 0) is 0 Å². The predicted octanol–water partition coefficient (Wildman–Crippen LogP) is 6.41. The maximum absolute atomic E-state index is 11.0. The topological polar surface area (TPSA) is 78.4 Å². The third-order valence-electron chi connectivity index (χ3n) is 4.78. The fourth-order valence-corrected chi connectivity index (χ4v) is 4.45. The van der Waals surface area contributed by atoms with Crippen molar-refractivity contribution in [2.45, 2.75) is 0 Å². The molecule has 5 aromatic rings. The summed E-state index contributed by atoms with van der Waals surface area (Å²) in [7, 11) is 0. The number of thiophene rings is 1. The van der Waals surface area contributed by atoms with Gasteiger partial charge in [0.1, 0.15) is 23.1 Å². The summed E-state index contributed by atoms with van der Waals surface area (Å²) in [6.45, 7) is 0. The van der Waals surface area contributed by atoms with Gasteiger partial charge >= 0.3 is 0 Å². The van der Waals surface area contributed by atoms with Crippen molar-refractivity contribution in [3.63, 3.8) is 0 Å². The largest absolute Gasteiger partial charge is 0.457 e. The Bertz CT molecular complexity index is 1340. The lowest BCUT2D eigenvalue weighted by atomic mass is 10.0. The fourth-order valence-electron chi connectivity index (χ4n) is 3.34. The average Bonchev–Trinajstić information content (AvgIpc) is 3.43. The lowest BCUT2D eigenvalue weighted by Gasteiger charge is -2.07. The van der Waals surface area contributed by atoms with Gasteiger partial charge in [-0.3, -0.25) is 4.79 Å². The van der Waals surface area contributed by atoms with Crippen molar-refractivity contribution in [3.8, 4) is 33.9 Å². The summed E-state index contributed by atoms with van der Waals surface area (Å²) in [4.78, 5) is 15.3. The van der Waals surface area contributed by atoms with E-state index in [-0.39, 0.29) is 5.76 Å². The quantitative estimate of drug-likeness (QED) is 0.337. The molecule has 0 aliphatic heterocycles. The number of para-hydroxylation sites is 1. The van der Waals surface area contributed by atoms with Gasteiger partial charge in [0.05, 0.1) is 10.3 Å². The van der Waals surface area contributed by atoms with Crippen molar-refractivity contribution in [3.05, 3.63) is 84.1 Å². The van der Waals surface area contributed by atoms with E-state index in [4.69, 9.17) is 14.9 Å². The average molecular weight is 412 g/mol. The maximum atomic E-state index is 11.0. The zero-order valence-electron chi connectivity index (χ0n) is 15.7. The minimum atomic E-state index is 0.278. The molecule has 5 nitrogen and oxygen atoms in total. The van der Waals surface area contributed by atoms with E-state index in [2.05, 4.69) is 10.4 Å². The van der Waals surface area contributed by atoms with E-state index in [1.165, 1.54) is 0 Å². The van der Waals surface area contributed by atoms with Crippen molar-refractivity contribution in [1.82, 2.24) is 4.98 Å². The number of carbonyl (C=O) groups excluding carboxylic acids is 1. The minimum absolute atomic E-state index is 0.278. The number of aromatic nitrogens is 1. The van der Waals surface area contributed by atoms with Crippen LogP contribution in [0.4, 0.5) is 5.82 Å². The molecular weight excluding hydrogens is 396 g/mol. The number of rotatable bonds is 5. The molecule has 0 saturated heterocycles. The first kappa shape index (κ1) is 18.1. The highest BCUT2D eigenvalue weighted by Gasteiger charge is 2.17. The van der Waals surface area contributed by atoms with Gasteiger partial charge in [-0.2, -0.15) is 0 Å². The molecular formula is C24H16N2O3S. The summed E-state index contributed by atoms with van der Waals surface area (Å²) in [6.07, 6.45) is 2.37. The van der Waals surface area contributed by atoms with E-state index in [9.17, 15) is 4.79 Å². The Labute approximate surface area is 176 Å². The summed E-state index contributed by atoms with van der Waals surface area (Å²) < 4.78 is 12.4. The molecule has 0 radical (unpaired) electrons. The van der Waals surface area contributed by atoms with Gasteiger partial charge in [-0.05, 0) is 47.3 Å². The number of aldehydes is 1. The Morgan fingerprint density at radius 3 is 2.43 bits per heavy atom. The van der Waals surface area contributed by atoms with Crippen LogP contribution < -0.4 is 10.5 Å². The zero-order chi connectivity index (χ0) is 20.5. The number of hydrogen-bond acceptors (Lipinski definition) is 6. The van der Waals surface area contributed by atoms with Gasteiger partial charge in [0.25, 0.3) is 0 Å². The number of ether oxygens (including phenoxy) is 1. The highest BCUT2D eigenvalue weighted by Crippen LogP contribution is 2.42. The summed E-state index contributed by atoms with van der Waals surface area (Å²) >= 11 is 1.57. The maximum Gasteiger partial charge on any atom is 0.185 e. The second kappa shape index (κ2) is 7.50. The first-order chi connectivity index (χ1) is 14.7. The summed E-state index contributed by atoms with van der Waals surface area (Å²) in [5.41, 5.74) is 9.06. The monoisotopic (exact) mass is 412 g/mol. The number of nitrogen functional groups attached to an aromatic ring is 1. The molecule has 0 atom stereocenters. The number of nitrogens with zero attached hydrogens (tertiary/aromatic N) is 1. The lowest BCUT2D eigenvalue weighted by molar-refractivity contribution is 0.110. The molecule has 0 bridgehead atoms. The summed E-state index contributed by atoms with van der Waals surface area (Å²) in [5, 5.41) is 2.93. The minimum Gasteiger partial charge on any atom is -0.457 e. The van der Waals surface area contributed by atoms with Gasteiger partial charge in [0.2, 0.25) is 0 Å². The molecule has 0 aliphatic rings. The molecule has 30 heavy (non-hydrogen) atoms. The van der Waals surface area contributed by atoms with E-state index in [1.54, 1.807) is 29.7 Å². The van der Waals surface area contributed by atoms with Crippen LogP contribution in [0.15, 0.2) is 82.7 Å². The third-order valence-corrected chi connectivity index (χ3v) is 5.79. The number of nitrogens with two attached hydrogens (primary N) is 1. The zero-order valence-corrected chi connectivity index (χ0v) is 16.6. The number of furan rings is 1. The summed E-state index contributed by atoms with van der Waals surface area (Å²) in [5.74, 6) is 2.87.